The Labute approximate surface area is 155 Å². The fraction of sp³-hybridized carbons (Fsp3) is 0.300. The Morgan fingerprint density at radius 3 is 2.96 bits per heavy atom. The molecule has 0 unspecified atom stereocenters. The van der Waals surface area contributed by atoms with E-state index in [2.05, 4.69) is 20.6 Å². The van der Waals surface area contributed by atoms with Crippen molar-refractivity contribution in [2.45, 2.75) is 26.4 Å². The molecule has 4 aromatic heterocycles. The minimum absolute atomic E-state index is 0.0148. The normalized spacial score (nSPS) is 14.7. The first-order valence-electron chi connectivity index (χ1n) is 9.11. The van der Waals surface area contributed by atoms with E-state index in [1.165, 1.54) is 5.69 Å². The van der Waals surface area contributed by atoms with Crippen molar-refractivity contribution in [2.75, 3.05) is 6.54 Å². The molecule has 0 amide bonds. The quantitative estimate of drug-likeness (QED) is 0.607. The van der Waals surface area contributed by atoms with Gasteiger partial charge < -0.3 is 8.98 Å². The van der Waals surface area contributed by atoms with Crippen LogP contribution in [0.3, 0.4) is 0 Å². The molecule has 1 N–H and O–H groups in total. The number of nitrogens with zero attached hydrogens (tertiary/aromatic N) is 4. The summed E-state index contributed by atoms with van der Waals surface area (Å²) in [5, 5.41) is 3.19. The van der Waals surface area contributed by atoms with Crippen LogP contribution >= 0.6 is 0 Å². The first kappa shape index (κ1) is 16.1. The van der Waals surface area contributed by atoms with Crippen molar-refractivity contribution in [1.82, 2.24) is 24.1 Å². The maximum atomic E-state index is 13.1. The third-order valence-electron chi connectivity index (χ3n) is 5.43. The molecule has 5 rings (SSSR count). The predicted molar refractivity (Wildman–Crippen MR) is 101 cm³/mol. The van der Waals surface area contributed by atoms with Gasteiger partial charge in [0.25, 0.3) is 5.56 Å². The van der Waals surface area contributed by atoms with Gasteiger partial charge in [0.2, 0.25) is 0 Å². The molecule has 0 spiro atoms. The lowest BCUT2D eigenvalue weighted by Gasteiger charge is -2.27. The summed E-state index contributed by atoms with van der Waals surface area (Å²) in [7, 11) is 2.05. The molecule has 4 aromatic rings. The lowest BCUT2D eigenvalue weighted by atomic mass is 10.1. The van der Waals surface area contributed by atoms with Crippen LogP contribution in [-0.4, -0.2) is 30.6 Å². The lowest BCUT2D eigenvalue weighted by Crippen LogP contribution is -2.36. The van der Waals surface area contributed by atoms with Crippen LogP contribution in [0.4, 0.5) is 0 Å². The van der Waals surface area contributed by atoms with Gasteiger partial charge in [0.15, 0.2) is 5.65 Å². The SMILES string of the molecule is Cc1occc1-c1cc2nc3c(c(=O)n2[nH]1)CN(Cc1cccn1C)CC3. The minimum atomic E-state index is -0.0148. The van der Waals surface area contributed by atoms with E-state index in [4.69, 9.17) is 9.40 Å². The predicted octanol–water partition coefficient (Wildman–Crippen LogP) is 2.49. The molecule has 0 saturated heterocycles. The first-order valence-corrected chi connectivity index (χ1v) is 9.11. The molecule has 0 saturated carbocycles. The van der Waals surface area contributed by atoms with Crippen molar-refractivity contribution < 1.29 is 4.42 Å². The van der Waals surface area contributed by atoms with E-state index in [1.54, 1.807) is 10.8 Å². The lowest BCUT2D eigenvalue weighted by molar-refractivity contribution is 0.236. The number of aromatic amines is 1. The van der Waals surface area contributed by atoms with Gasteiger partial charge in [0.05, 0.1) is 23.2 Å². The second-order valence-electron chi connectivity index (χ2n) is 7.17. The Hall–Kier alpha value is -3.06. The fourth-order valence-corrected chi connectivity index (χ4v) is 3.86. The van der Waals surface area contributed by atoms with E-state index >= 15 is 0 Å². The van der Waals surface area contributed by atoms with Crippen molar-refractivity contribution in [3.8, 4) is 11.3 Å². The zero-order chi connectivity index (χ0) is 18.5. The number of H-pyrrole nitrogens is 1. The van der Waals surface area contributed by atoms with Crippen LogP contribution in [0.15, 0.2) is 45.9 Å². The molecule has 0 fully saturated rings. The van der Waals surface area contributed by atoms with Crippen LogP contribution in [0.1, 0.15) is 22.7 Å². The average molecular weight is 363 g/mol. The van der Waals surface area contributed by atoms with Gasteiger partial charge >= 0.3 is 0 Å². The Balaban J connectivity index is 1.52. The molecule has 1 aliphatic rings. The van der Waals surface area contributed by atoms with Crippen LogP contribution in [0.25, 0.3) is 16.9 Å². The molecule has 5 heterocycles. The molecule has 0 aliphatic carbocycles. The summed E-state index contributed by atoms with van der Waals surface area (Å²) in [6, 6.07) is 7.97. The van der Waals surface area contributed by atoms with E-state index < -0.39 is 0 Å². The number of hydrogen-bond donors (Lipinski definition) is 1. The number of aromatic nitrogens is 4. The Kier molecular flexibility index (Phi) is 3.58. The third-order valence-corrected chi connectivity index (χ3v) is 5.43. The number of aryl methyl sites for hydroxylation is 2. The maximum absolute atomic E-state index is 13.1. The first-order chi connectivity index (χ1) is 13.1. The van der Waals surface area contributed by atoms with Gasteiger partial charge in [-0.2, -0.15) is 0 Å². The number of furan rings is 1. The van der Waals surface area contributed by atoms with Gasteiger partial charge in [-0.15, -0.1) is 0 Å². The van der Waals surface area contributed by atoms with E-state index in [-0.39, 0.29) is 5.56 Å². The second-order valence-corrected chi connectivity index (χ2v) is 7.17. The Morgan fingerprint density at radius 2 is 2.22 bits per heavy atom. The van der Waals surface area contributed by atoms with Crippen molar-refractivity contribution >= 4 is 5.65 Å². The average Bonchev–Trinajstić information content (AvgIpc) is 3.36. The van der Waals surface area contributed by atoms with E-state index in [1.807, 2.05) is 38.4 Å². The van der Waals surface area contributed by atoms with Crippen LogP contribution in [0.5, 0.6) is 0 Å². The molecule has 0 bridgehead atoms. The molecular weight excluding hydrogens is 342 g/mol. The summed E-state index contributed by atoms with van der Waals surface area (Å²) in [5.41, 5.74) is 5.37. The van der Waals surface area contributed by atoms with Gasteiger partial charge in [-0.25, -0.2) is 9.50 Å². The van der Waals surface area contributed by atoms with E-state index in [0.717, 1.165) is 47.8 Å². The molecule has 138 valence electrons. The topological polar surface area (TPSA) is 71.5 Å². The molecule has 7 nitrogen and oxygen atoms in total. The fourth-order valence-electron chi connectivity index (χ4n) is 3.86. The summed E-state index contributed by atoms with van der Waals surface area (Å²) >= 11 is 0. The smallest absolute Gasteiger partial charge is 0.277 e. The zero-order valence-corrected chi connectivity index (χ0v) is 15.4. The monoisotopic (exact) mass is 363 g/mol. The standard InChI is InChI=1S/C20H21N5O2/c1-13-15(6-9-27-13)18-10-19-21-17-5-8-24(11-14-4-3-7-23(14)2)12-16(17)20(26)25(19)22-18/h3-4,6-7,9-10,22H,5,8,11-12H2,1-2H3. The van der Waals surface area contributed by atoms with Crippen molar-refractivity contribution in [2.24, 2.45) is 7.05 Å². The Morgan fingerprint density at radius 1 is 1.33 bits per heavy atom. The number of fused-ring (bicyclic) bond motifs is 2. The van der Waals surface area contributed by atoms with Crippen molar-refractivity contribution in [3.05, 3.63) is 69.8 Å². The highest BCUT2D eigenvalue weighted by molar-refractivity contribution is 5.65. The molecule has 7 heteroatoms. The second kappa shape index (κ2) is 5.99. The molecular formula is C20H21N5O2. The van der Waals surface area contributed by atoms with Gasteiger partial charge in [-0.05, 0) is 25.1 Å². The van der Waals surface area contributed by atoms with E-state index in [9.17, 15) is 4.79 Å². The van der Waals surface area contributed by atoms with Gasteiger partial charge in [-0.3, -0.25) is 14.8 Å². The number of nitrogens with one attached hydrogen (secondary N) is 1. The third kappa shape index (κ3) is 2.62. The Bertz CT molecular complexity index is 1190. The number of rotatable bonds is 3. The summed E-state index contributed by atoms with van der Waals surface area (Å²) < 4.78 is 9.05. The summed E-state index contributed by atoms with van der Waals surface area (Å²) in [6.45, 7) is 4.26. The highest BCUT2D eigenvalue weighted by Gasteiger charge is 2.23. The highest BCUT2D eigenvalue weighted by Crippen LogP contribution is 2.24. The molecule has 0 atom stereocenters. The van der Waals surface area contributed by atoms with Gasteiger partial charge in [0, 0.05) is 56.6 Å². The van der Waals surface area contributed by atoms with Crippen LogP contribution in [-0.2, 0) is 26.6 Å². The van der Waals surface area contributed by atoms with Crippen LogP contribution < -0.4 is 5.56 Å². The van der Waals surface area contributed by atoms with Crippen molar-refractivity contribution in [1.29, 1.82) is 0 Å². The van der Waals surface area contributed by atoms with Crippen LogP contribution in [0.2, 0.25) is 0 Å². The molecule has 0 radical (unpaired) electrons. The van der Waals surface area contributed by atoms with Crippen molar-refractivity contribution in [3.63, 3.8) is 0 Å². The molecule has 0 aromatic carbocycles. The number of hydrogen-bond acceptors (Lipinski definition) is 4. The van der Waals surface area contributed by atoms with E-state index in [0.29, 0.717) is 12.2 Å². The summed E-state index contributed by atoms with van der Waals surface area (Å²) in [5.74, 6) is 0.813. The van der Waals surface area contributed by atoms with Gasteiger partial charge in [-0.1, -0.05) is 0 Å². The summed E-state index contributed by atoms with van der Waals surface area (Å²) in [4.78, 5) is 20.2. The highest BCUT2D eigenvalue weighted by atomic mass is 16.3. The molecule has 27 heavy (non-hydrogen) atoms. The van der Waals surface area contributed by atoms with Gasteiger partial charge in [0.1, 0.15) is 5.76 Å². The molecule has 1 aliphatic heterocycles. The largest absolute Gasteiger partial charge is 0.469 e. The minimum Gasteiger partial charge on any atom is -0.469 e. The zero-order valence-electron chi connectivity index (χ0n) is 15.4. The van der Waals surface area contributed by atoms with Crippen LogP contribution in [0, 0.1) is 6.92 Å². The summed E-state index contributed by atoms with van der Waals surface area (Å²) in [6.07, 6.45) is 4.49. The maximum Gasteiger partial charge on any atom is 0.277 e.